The van der Waals surface area contributed by atoms with Crippen LogP contribution in [0, 0.1) is 10.1 Å². The van der Waals surface area contributed by atoms with Gasteiger partial charge in [-0.25, -0.2) is 0 Å². The van der Waals surface area contributed by atoms with Gasteiger partial charge in [-0.3, -0.25) is 10.1 Å². The van der Waals surface area contributed by atoms with Crippen molar-refractivity contribution in [2.75, 3.05) is 0 Å². The van der Waals surface area contributed by atoms with Crippen LogP contribution in [0.2, 0.25) is 0 Å². The number of hydrogen-bond acceptors (Lipinski definition) is 5. The molecule has 0 spiro atoms. The molecule has 0 saturated heterocycles. The maximum absolute atomic E-state index is 11.5. The zero-order valence-electron chi connectivity index (χ0n) is 16.4. The Morgan fingerprint density at radius 1 is 0.750 bits per heavy atom. The van der Waals surface area contributed by atoms with Crippen molar-refractivity contribution in [3.8, 4) is 22.6 Å². The Morgan fingerprint density at radius 3 is 1.91 bits per heavy atom. The Morgan fingerprint density at radius 2 is 1.31 bits per heavy atom. The number of non-ortho nitro benzene ring substituents is 1. The maximum atomic E-state index is 11.5. The summed E-state index contributed by atoms with van der Waals surface area (Å²) in [7, 11) is 0. The molecular formula is C25H13N2O5+. The van der Waals surface area contributed by atoms with Crippen molar-refractivity contribution in [1.82, 2.24) is 0 Å². The van der Waals surface area contributed by atoms with Crippen LogP contribution in [-0.4, -0.2) is 10.0 Å². The van der Waals surface area contributed by atoms with E-state index in [1.165, 1.54) is 18.2 Å². The normalized spacial score (nSPS) is 12.1. The third-order valence-corrected chi connectivity index (χ3v) is 6.08. The van der Waals surface area contributed by atoms with Gasteiger partial charge >= 0.3 is 0 Å². The third kappa shape index (κ3) is 2.02. The molecule has 7 heteroatoms. The van der Waals surface area contributed by atoms with Crippen LogP contribution in [0.1, 0.15) is 0 Å². The summed E-state index contributed by atoms with van der Waals surface area (Å²) < 4.78 is 14.3. The zero-order chi connectivity index (χ0) is 21.6. The highest BCUT2D eigenvalue weighted by Crippen LogP contribution is 2.47. The van der Waals surface area contributed by atoms with E-state index in [9.17, 15) is 15.2 Å². The van der Waals surface area contributed by atoms with Gasteiger partial charge in [0.15, 0.2) is 5.75 Å². The lowest BCUT2D eigenvalue weighted by molar-refractivity contribution is -0.539. The van der Waals surface area contributed by atoms with E-state index in [4.69, 9.17) is 8.83 Å². The van der Waals surface area contributed by atoms with Gasteiger partial charge in [-0.05, 0) is 30.3 Å². The fourth-order valence-electron chi connectivity index (χ4n) is 4.82. The SMILES string of the molecule is O=[N+]([O-])c1ccc(O)c(-[n+]2c3cccc4oc5cccc6oc7cccc2c7c(c43)-c56)c1. The van der Waals surface area contributed by atoms with Gasteiger partial charge in [-0.2, -0.15) is 0 Å². The number of nitrogens with zero attached hydrogens (tertiary/aromatic N) is 2. The van der Waals surface area contributed by atoms with Gasteiger partial charge in [-0.15, -0.1) is 4.57 Å². The molecule has 5 aromatic rings. The quantitative estimate of drug-likeness (QED) is 0.123. The standard InChI is InChI=1S/C25H12N2O5/c28-17-11-10-13(27(29)30)12-16(17)26-14-4-1-6-18-22(14)25-23-15(26)5-2-7-19(23)32-21-9-3-8-20(31-18)24(21)25/h1-12H/p+1. The number of benzene rings is 4. The number of nitro benzene ring substituents is 1. The van der Waals surface area contributed by atoms with Crippen molar-refractivity contribution < 1.29 is 23.4 Å². The van der Waals surface area contributed by atoms with E-state index < -0.39 is 4.92 Å². The fraction of sp³-hybridized carbons (Fsp3) is 0. The van der Waals surface area contributed by atoms with Gasteiger partial charge in [0.25, 0.3) is 11.4 Å². The third-order valence-electron chi connectivity index (χ3n) is 6.08. The monoisotopic (exact) mass is 421 g/mol. The molecule has 0 aliphatic carbocycles. The van der Waals surface area contributed by atoms with Gasteiger partial charge < -0.3 is 13.9 Å². The Balaban J connectivity index is 1.81. The molecule has 0 bridgehead atoms. The summed E-state index contributed by atoms with van der Waals surface area (Å²) in [6.45, 7) is 0. The number of phenols is 1. The molecule has 0 fully saturated rings. The summed E-state index contributed by atoms with van der Waals surface area (Å²) >= 11 is 0. The first kappa shape index (κ1) is 17.1. The number of pyridine rings is 1. The second kappa shape index (κ2) is 5.73. The molecule has 2 aliphatic heterocycles. The van der Waals surface area contributed by atoms with E-state index in [1.54, 1.807) is 0 Å². The summed E-state index contributed by atoms with van der Waals surface area (Å²) in [4.78, 5) is 11.0. The molecule has 32 heavy (non-hydrogen) atoms. The average molecular weight is 421 g/mol. The zero-order valence-corrected chi connectivity index (χ0v) is 16.4. The fourth-order valence-corrected chi connectivity index (χ4v) is 4.82. The molecule has 0 saturated carbocycles. The van der Waals surface area contributed by atoms with Crippen LogP contribution in [0.15, 0.2) is 81.6 Å². The van der Waals surface area contributed by atoms with E-state index in [0.29, 0.717) is 28.0 Å². The first-order chi connectivity index (χ1) is 15.6. The summed E-state index contributed by atoms with van der Waals surface area (Å²) in [6.07, 6.45) is 0. The van der Waals surface area contributed by atoms with Gasteiger partial charge in [-0.1, -0.05) is 18.2 Å². The Hall–Kier alpha value is -4.65. The molecule has 0 radical (unpaired) electrons. The predicted molar refractivity (Wildman–Crippen MR) is 119 cm³/mol. The predicted octanol–water partition coefficient (Wildman–Crippen LogP) is 5.92. The highest BCUT2D eigenvalue weighted by molar-refractivity contribution is 6.22. The van der Waals surface area contributed by atoms with E-state index >= 15 is 0 Å². The summed E-state index contributed by atoms with van der Waals surface area (Å²) in [5.74, 6) is -0.0659. The number of nitro groups is 1. The summed E-state index contributed by atoms with van der Waals surface area (Å²) in [6, 6.07) is 21.1. The van der Waals surface area contributed by atoms with Crippen molar-refractivity contribution >= 4 is 49.8 Å². The summed E-state index contributed by atoms with van der Waals surface area (Å²) in [5, 5.41) is 23.9. The van der Waals surface area contributed by atoms with Gasteiger partial charge in [0, 0.05) is 23.8 Å². The number of rotatable bonds is 2. The lowest BCUT2D eigenvalue weighted by atomic mass is 9.92. The molecule has 0 amide bonds. The molecule has 1 N–H and O–H groups in total. The minimum Gasteiger partial charge on any atom is -0.502 e. The van der Waals surface area contributed by atoms with Crippen LogP contribution in [0.3, 0.4) is 0 Å². The highest BCUT2D eigenvalue weighted by atomic mass is 16.6. The highest BCUT2D eigenvalue weighted by Gasteiger charge is 2.33. The van der Waals surface area contributed by atoms with E-state index in [-0.39, 0.29) is 11.4 Å². The number of phenolic OH excluding ortho intramolecular Hbond substituents is 1. The van der Waals surface area contributed by atoms with Crippen LogP contribution < -0.4 is 4.57 Å². The van der Waals surface area contributed by atoms with Crippen molar-refractivity contribution in [2.24, 2.45) is 0 Å². The minimum absolute atomic E-state index is 0.0659. The van der Waals surface area contributed by atoms with Crippen LogP contribution in [0.4, 0.5) is 5.69 Å². The summed E-state index contributed by atoms with van der Waals surface area (Å²) in [5.41, 5.74) is 6.41. The first-order valence-corrected chi connectivity index (χ1v) is 10.0. The van der Waals surface area contributed by atoms with Crippen LogP contribution in [0.25, 0.3) is 61.0 Å². The van der Waals surface area contributed by atoms with Crippen molar-refractivity contribution in [2.45, 2.75) is 0 Å². The van der Waals surface area contributed by atoms with Crippen LogP contribution >= 0.6 is 0 Å². The van der Waals surface area contributed by atoms with Crippen molar-refractivity contribution in [3.63, 3.8) is 0 Å². The molecule has 3 heterocycles. The molecule has 4 aromatic carbocycles. The first-order valence-electron chi connectivity index (χ1n) is 10.0. The van der Waals surface area contributed by atoms with Crippen molar-refractivity contribution in [3.05, 3.63) is 82.9 Å². The van der Waals surface area contributed by atoms with Crippen LogP contribution in [0.5, 0.6) is 5.75 Å². The van der Waals surface area contributed by atoms with E-state index in [0.717, 1.165) is 32.9 Å². The Bertz CT molecular complexity index is 1730. The minimum atomic E-state index is -0.472. The Kier molecular flexibility index (Phi) is 3.06. The van der Waals surface area contributed by atoms with E-state index in [2.05, 4.69) is 0 Å². The lowest BCUT2D eigenvalue weighted by Gasteiger charge is -2.18. The number of aromatic nitrogens is 1. The number of aromatic hydroxyl groups is 1. The van der Waals surface area contributed by atoms with Crippen molar-refractivity contribution in [1.29, 1.82) is 0 Å². The molecule has 7 rings (SSSR count). The topological polar surface area (TPSA) is 93.5 Å². The molecule has 0 atom stereocenters. The molecule has 2 aliphatic rings. The van der Waals surface area contributed by atoms with Gasteiger partial charge in [0.1, 0.15) is 22.3 Å². The molecule has 1 aromatic heterocycles. The lowest BCUT2D eigenvalue weighted by Crippen LogP contribution is -2.33. The largest absolute Gasteiger partial charge is 0.502 e. The average Bonchev–Trinajstić information content (AvgIpc) is 2.80. The maximum Gasteiger partial charge on any atom is 0.276 e. The molecule has 152 valence electrons. The number of hydrogen-bond donors (Lipinski definition) is 1. The Labute approximate surface area is 179 Å². The molecular weight excluding hydrogens is 408 g/mol. The van der Waals surface area contributed by atoms with Crippen LogP contribution in [-0.2, 0) is 0 Å². The smallest absolute Gasteiger partial charge is 0.276 e. The second-order valence-electron chi connectivity index (χ2n) is 7.77. The van der Waals surface area contributed by atoms with Gasteiger partial charge in [0.05, 0.1) is 27.3 Å². The molecule has 0 unspecified atom stereocenters. The van der Waals surface area contributed by atoms with Gasteiger partial charge in [0.2, 0.25) is 11.0 Å². The van der Waals surface area contributed by atoms with E-state index in [1.807, 2.05) is 59.2 Å². The second-order valence-corrected chi connectivity index (χ2v) is 7.77. The molecule has 7 nitrogen and oxygen atoms in total.